The summed E-state index contributed by atoms with van der Waals surface area (Å²) >= 11 is 1.42. The Kier molecular flexibility index (Phi) is 4.93. The lowest BCUT2D eigenvalue weighted by Gasteiger charge is -2.14. The van der Waals surface area contributed by atoms with Crippen LogP contribution in [0.2, 0.25) is 0 Å². The van der Waals surface area contributed by atoms with Crippen molar-refractivity contribution in [2.24, 2.45) is 0 Å². The highest BCUT2D eigenvalue weighted by molar-refractivity contribution is 7.86. The Hall–Kier alpha value is -3.04. The summed E-state index contributed by atoms with van der Waals surface area (Å²) in [6.07, 6.45) is 0. The van der Waals surface area contributed by atoms with Crippen molar-refractivity contribution in [2.45, 2.75) is 10.8 Å². The van der Waals surface area contributed by atoms with Gasteiger partial charge in [-0.3, -0.25) is 10.1 Å². The normalized spacial score (nSPS) is 12.9. The third-order valence-corrected chi connectivity index (χ3v) is 6.52. The van der Waals surface area contributed by atoms with E-state index in [0.29, 0.717) is 16.8 Å². The molecule has 0 spiro atoms. The van der Waals surface area contributed by atoms with Gasteiger partial charge in [-0.05, 0) is 35.2 Å². The minimum absolute atomic E-state index is 0.323. The number of hydrogen-bond acceptors (Lipinski definition) is 5. The van der Waals surface area contributed by atoms with Crippen molar-refractivity contribution in [3.05, 3.63) is 86.6 Å². The predicted octanol–water partition coefficient (Wildman–Crippen LogP) is 4.96. The van der Waals surface area contributed by atoms with Crippen LogP contribution in [-0.4, -0.2) is 24.9 Å². The highest BCUT2D eigenvalue weighted by Crippen LogP contribution is 2.40. The number of para-hydroxylation sites is 1. The van der Waals surface area contributed by atoms with Crippen LogP contribution in [-0.2, 0) is 10.2 Å². The summed E-state index contributed by atoms with van der Waals surface area (Å²) < 4.78 is 36.3. The number of aromatic amines is 1. The maximum Gasteiger partial charge on any atom is 0.332 e. The van der Waals surface area contributed by atoms with Gasteiger partial charge in [-0.1, -0.05) is 36.4 Å². The minimum Gasteiger partial charge on any atom is -0.354 e. The summed E-state index contributed by atoms with van der Waals surface area (Å²) in [5.74, 6) is -0.540. The Morgan fingerprint density at radius 3 is 2.59 bits per heavy atom. The number of H-pyrrole nitrogens is 1. The van der Waals surface area contributed by atoms with Crippen molar-refractivity contribution >= 4 is 32.5 Å². The molecule has 148 valence electrons. The standard InChI is InChI=1S/C20H15FN2O4S2/c21-29(26,27)14-6-3-5-13(11-14)20-19(15-7-1-2-8-17(15)22-20)16(12-23(24)25)18-9-4-10-28-18/h1-11,16,22H,12H2. The molecular weight excluding hydrogens is 415 g/mol. The van der Waals surface area contributed by atoms with Gasteiger partial charge in [-0.15, -0.1) is 15.2 Å². The van der Waals surface area contributed by atoms with Crippen molar-refractivity contribution in [1.82, 2.24) is 4.98 Å². The van der Waals surface area contributed by atoms with E-state index >= 15 is 0 Å². The zero-order chi connectivity index (χ0) is 20.6. The van der Waals surface area contributed by atoms with Crippen LogP contribution in [0.25, 0.3) is 22.2 Å². The fourth-order valence-corrected chi connectivity index (χ4v) is 4.86. The Morgan fingerprint density at radius 1 is 1.10 bits per heavy atom. The van der Waals surface area contributed by atoms with E-state index in [2.05, 4.69) is 4.98 Å². The van der Waals surface area contributed by atoms with Crippen molar-refractivity contribution in [3.63, 3.8) is 0 Å². The molecule has 0 aliphatic rings. The lowest BCUT2D eigenvalue weighted by molar-refractivity contribution is -0.481. The van der Waals surface area contributed by atoms with Crippen LogP contribution in [0, 0.1) is 10.1 Å². The molecule has 0 saturated heterocycles. The Balaban J connectivity index is 2.00. The Labute approximate surface area is 170 Å². The summed E-state index contributed by atoms with van der Waals surface area (Å²) in [5.41, 5.74) is 2.43. The van der Waals surface area contributed by atoms with Gasteiger partial charge < -0.3 is 4.98 Å². The van der Waals surface area contributed by atoms with Gasteiger partial charge in [0.15, 0.2) is 0 Å². The van der Waals surface area contributed by atoms with E-state index in [1.54, 1.807) is 6.07 Å². The summed E-state index contributed by atoms with van der Waals surface area (Å²) in [5, 5.41) is 14.1. The second-order valence-electron chi connectivity index (χ2n) is 6.51. The maximum atomic E-state index is 13.6. The molecule has 9 heteroatoms. The molecule has 2 aromatic carbocycles. The third-order valence-electron chi connectivity index (χ3n) is 4.72. The van der Waals surface area contributed by atoms with Gasteiger partial charge in [-0.2, -0.15) is 8.42 Å². The fourth-order valence-electron chi connectivity index (χ4n) is 3.52. The lowest BCUT2D eigenvalue weighted by Crippen LogP contribution is -2.13. The first-order valence-electron chi connectivity index (χ1n) is 8.65. The molecule has 2 aromatic heterocycles. The first-order chi connectivity index (χ1) is 13.8. The number of hydrogen-bond donors (Lipinski definition) is 1. The number of nitrogens with zero attached hydrogens (tertiary/aromatic N) is 1. The van der Waals surface area contributed by atoms with E-state index in [1.807, 2.05) is 41.8 Å². The number of halogens is 1. The molecule has 0 fully saturated rings. The molecule has 29 heavy (non-hydrogen) atoms. The van der Waals surface area contributed by atoms with Crippen LogP contribution in [0.15, 0.2) is 70.9 Å². The first kappa shape index (κ1) is 19.3. The van der Waals surface area contributed by atoms with E-state index in [-0.39, 0.29) is 11.5 Å². The highest BCUT2D eigenvalue weighted by atomic mass is 32.3. The van der Waals surface area contributed by atoms with Crippen molar-refractivity contribution in [1.29, 1.82) is 0 Å². The van der Waals surface area contributed by atoms with Crippen LogP contribution in [0.4, 0.5) is 3.89 Å². The Bertz CT molecular complexity index is 1300. The zero-order valence-electron chi connectivity index (χ0n) is 14.9. The zero-order valence-corrected chi connectivity index (χ0v) is 16.5. The van der Waals surface area contributed by atoms with Crippen LogP contribution < -0.4 is 0 Å². The van der Waals surface area contributed by atoms with Gasteiger partial charge in [0, 0.05) is 26.3 Å². The number of nitrogens with one attached hydrogen (secondary N) is 1. The fraction of sp³-hybridized carbons (Fsp3) is 0.100. The minimum atomic E-state index is -4.88. The number of thiophene rings is 1. The molecule has 0 aliphatic heterocycles. The summed E-state index contributed by atoms with van der Waals surface area (Å²) in [4.78, 5) is 14.7. The molecule has 4 aromatic rings. The second-order valence-corrected chi connectivity index (χ2v) is 8.83. The summed E-state index contributed by atoms with van der Waals surface area (Å²) in [6.45, 7) is -0.323. The highest BCUT2D eigenvalue weighted by Gasteiger charge is 2.28. The largest absolute Gasteiger partial charge is 0.354 e. The van der Waals surface area contributed by atoms with E-state index in [4.69, 9.17) is 0 Å². The van der Waals surface area contributed by atoms with Gasteiger partial charge in [0.1, 0.15) is 0 Å². The van der Waals surface area contributed by atoms with Gasteiger partial charge in [0.2, 0.25) is 6.54 Å². The monoisotopic (exact) mass is 430 g/mol. The van der Waals surface area contributed by atoms with Gasteiger partial charge in [0.05, 0.1) is 16.5 Å². The molecule has 0 aliphatic carbocycles. The molecule has 0 saturated carbocycles. The topological polar surface area (TPSA) is 93.1 Å². The van der Waals surface area contributed by atoms with E-state index in [1.165, 1.54) is 29.5 Å². The van der Waals surface area contributed by atoms with E-state index < -0.39 is 21.0 Å². The van der Waals surface area contributed by atoms with Crippen molar-refractivity contribution in [3.8, 4) is 11.3 Å². The smallest absolute Gasteiger partial charge is 0.332 e. The van der Waals surface area contributed by atoms with E-state index in [0.717, 1.165) is 15.8 Å². The van der Waals surface area contributed by atoms with Gasteiger partial charge in [-0.25, -0.2) is 0 Å². The molecule has 1 unspecified atom stereocenters. The van der Waals surface area contributed by atoms with Crippen LogP contribution in [0.5, 0.6) is 0 Å². The first-order valence-corrected chi connectivity index (χ1v) is 10.9. The molecular formula is C20H15FN2O4S2. The quantitative estimate of drug-likeness (QED) is 0.266. The van der Waals surface area contributed by atoms with Crippen molar-refractivity contribution in [2.75, 3.05) is 6.54 Å². The van der Waals surface area contributed by atoms with Crippen molar-refractivity contribution < 1.29 is 17.2 Å². The molecule has 4 rings (SSSR count). The number of nitro groups is 1. The molecule has 1 N–H and O–H groups in total. The molecule has 0 bridgehead atoms. The average Bonchev–Trinajstić information content (AvgIpc) is 3.33. The molecule has 6 nitrogen and oxygen atoms in total. The Morgan fingerprint density at radius 2 is 1.90 bits per heavy atom. The third kappa shape index (κ3) is 3.79. The van der Waals surface area contributed by atoms with Gasteiger partial charge >= 0.3 is 10.2 Å². The molecule has 2 heterocycles. The maximum absolute atomic E-state index is 13.6. The number of fused-ring (bicyclic) bond motifs is 1. The summed E-state index contributed by atoms with van der Waals surface area (Å²) in [6, 6.07) is 16.6. The number of rotatable bonds is 6. The van der Waals surface area contributed by atoms with Crippen LogP contribution in [0.3, 0.4) is 0 Å². The number of aromatic nitrogens is 1. The van der Waals surface area contributed by atoms with Crippen LogP contribution >= 0.6 is 11.3 Å². The lowest BCUT2D eigenvalue weighted by atomic mass is 9.92. The van der Waals surface area contributed by atoms with Gasteiger partial charge in [0.25, 0.3) is 0 Å². The average molecular weight is 430 g/mol. The SMILES string of the molecule is O=[N+]([O-])CC(c1cccs1)c1c(-c2cccc(S(=O)(=O)F)c2)[nH]c2ccccc12. The summed E-state index contributed by atoms with van der Waals surface area (Å²) in [7, 11) is -4.88. The van der Waals surface area contributed by atoms with Crippen LogP contribution in [0.1, 0.15) is 16.4 Å². The number of benzene rings is 2. The second kappa shape index (κ2) is 7.41. The molecule has 1 atom stereocenters. The predicted molar refractivity (Wildman–Crippen MR) is 110 cm³/mol. The molecule has 0 radical (unpaired) electrons. The molecule has 0 amide bonds. The van der Waals surface area contributed by atoms with E-state index in [9.17, 15) is 22.4 Å².